The molecule has 8 heteroatoms. The van der Waals surface area contributed by atoms with Crippen molar-refractivity contribution in [2.75, 3.05) is 0 Å². The first-order valence-corrected chi connectivity index (χ1v) is 8.44. The molecule has 4 heterocycles. The first kappa shape index (κ1) is 15.8. The van der Waals surface area contributed by atoms with Crippen LogP contribution >= 0.6 is 0 Å². The van der Waals surface area contributed by atoms with Gasteiger partial charge in [0.1, 0.15) is 11.9 Å². The van der Waals surface area contributed by atoms with E-state index in [-0.39, 0.29) is 11.9 Å². The van der Waals surface area contributed by atoms with Crippen molar-refractivity contribution in [1.82, 2.24) is 24.9 Å². The second kappa shape index (κ2) is 6.40. The fourth-order valence-corrected chi connectivity index (χ4v) is 3.05. The van der Waals surface area contributed by atoms with Crippen molar-refractivity contribution in [3.05, 3.63) is 71.9 Å². The molecule has 4 aromatic rings. The largest absolute Gasteiger partial charge is 0.365 e. The van der Waals surface area contributed by atoms with Gasteiger partial charge in [-0.1, -0.05) is 17.3 Å². The molecule has 27 heavy (non-hydrogen) atoms. The number of pyridine rings is 1. The molecule has 1 unspecified atom stereocenters. The Kier molecular flexibility index (Phi) is 3.75. The van der Waals surface area contributed by atoms with Gasteiger partial charge >= 0.3 is 0 Å². The van der Waals surface area contributed by atoms with E-state index < -0.39 is 0 Å². The minimum Gasteiger partial charge on any atom is -0.365 e. The molecule has 1 aliphatic heterocycles. The van der Waals surface area contributed by atoms with Crippen LogP contribution in [0.1, 0.15) is 17.4 Å². The average Bonchev–Trinajstić information content (AvgIpc) is 3.36. The van der Waals surface area contributed by atoms with Gasteiger partial charge in [0.15, 0.2) is 5.69 Å². The summed E-state index contributed by atoms with van der Waals surface area (Å²) in [5.41, 5.74) is 3.20. The van der Waals surface area contributed by atoms with E-state index in [1.165, 1.54) is 12.1 Å². The van der Waals surface area contributed by atoms with Gasteiger partial charge in [0.25, 0.3) is 5.89 Å². The highest BCUT2D eigenvalue weighted by Crippen LogP contribution is 2.29. The van der Waals surface area contributed by atoms with Crippen molar-refractivity contribution in [3.63, 3.8) is 0 Å². The van der Waals surface area contributed by atoms with Crippen LogP contribution in [0, 0.1) is 5.82 Å². The molecule has 0 N–H and O–H groups in total. The van der Waals surface area contributed by atoms with Crippen LogP contribution in [0.3, 0.4) is 0 Å². The van der Waals surface area contributed by atoms with E-state index in [4.69, 9.17) is 9.26 Å². The Morgan fingerprint density at radius 3 is 2.85 bits per heavy atom. The minimum atomic E-state index is -0.266. The predicted octanol–water partition coefficient (Wildman–Crippen LogP) is 3.41. The number of benzene rings is 1. The number of hydrogen-bond donors (Lipinski definition) is 0. The maximum absolute atomic E-state index is 13.1. The van der Waals surface area contributed by atoms with Crippen LogP contribution in [0.2, 0.25) is 0 Å². The summed E-state index contributed by atoms with van der Waals surface area (Å²) >= 11 is 0. The highest BCUT2D eigenvalue weighted by Gasteiger charge is 2.24. The quantitative estimate of drug-likeness (QED) is 0.555. The molecular formula is C19H14FN5O2. The van der Waals surface area contributed by atoms with Crippen LogP contribution in [0.15, 0.2) is 59.4 Å². The van der Waals surface area contributed by atoms with Crippen LogP contribution in [-0.4, -0.2) is 24.9 Å². The van der Waals surface area contributed by atoms with Crippen LogP contribution in [0.4, 0.5) is 4.39 Å². The van der Waals surface area contributed by atoms with Crippen molar-refractivity contribution in [3.8, 4) is 23.0 Å². The van der Waals surface area contributed by atoms with Gasteiger partial charge in [-0.05, 0) is 35.9 Å². The molecule has 0 bridgehead atoms. The molecule has 0 aliphatic carbocycles. The van der Waals surface area contributed by atoms with Crippen molar-refractivity contribution in [1.29, 1.82) is 0 Å². The van der Waals surface area contributed by atoms with Gasteiger partial charge in [-0.15, -0.1) is 0 Å². The Bertz CT molecular complexity index is 1080. The monoisotopic (exact) mass is 363 g/mol. The van der Waals surface area contributed by atoms with Crippen LogP contribution in [0.25, 0.3) is 23.0 Å². The molecule has 1 aliphatic rings. The number of aromatic nitrogens is 5. The van der Waals surface area contributed by atoms with Crippen molar-refractivity contribution in [2.45, 2.75) is 19.3 Å². The number of hydrogen-bond acceptors (Lipinski definition) is 6. The zero-order valence-electron chi connectivity index (χ0n) is 14.1. The first-order valence-electron chi connectivity index (χ1n) is 8.44. The van der Waals surface area contributed by atoms with Gasteiger partial charge in [0.05, 0.1) is 18.8 Å². The van der Waals surface area contributed by atoms with E-state index in [0.29, 0.717) is 30.6 Å². The lowest BCUT2D eigenvalue weighted by atomic mass is 10.1. The standard InChI is InChI=1S/C19H14FN5O2/c20-14-5-3-12(4-6-14)17-10-25-15(11-26-17)8-16(23-25)19-22-18(24-27-19)13-2-1-7-21-9-13/h1-9,17H,10-11H2. The molecule has 0 radical (unpaired) electrons. The van der Waals surface area contributed by atoms with Gasteiger partial charge in [-0.25, -0.2) is 4.39 Å². The highest BCUT2D eigenvalue weighted by molar-refractivity contribution is 5.56. The molecule has 5 rings (SSSR count). The molecule has 0 saturated carbocycles. The molecule has 0 fully saturated rings. The number of ether oxygens (including phenoxy) is 1. The third-order valence-corrected chi connectivity index (χ3v) is 4.44. The zero-order chi connectivity index (χ0) is 18.2. The van der Waals surface area contributed by atoms with Gasteiger partial charge in [-0.2, -0.15) is 10.1 Å². The Morgan fingerprint density at radius 1 is 1.15 bits per heavy atom. The van der Waals surface area contributed by atoms with E-state index >= 15 is 0 Å². The maximum Gasteiger partial charge on any atom is 0.278 e. The minimum absolute atomic E-state index is 0.181. The summed E-state index contributed by atoms with van der Waals surface area (Å²) in [6, 6.07) is 11.9. The van der Waals surface area contributed by atoms with Crippen molar-refractivity contribution < 1.29 is 13.7 Å². The molecule has 134 valence electrons. The molecule has 0 saturated heterocycles. The summed E-state index contributed by atoms with van der Waals surface area (Å²) in [5, 5.41) is 8.57. The van der Waals surface area contributed by atoms with E-state index in [0.717, 1.165) is 16.8 Å². The predicted molar refractivity (Wildman–Crippen MR) is 92.7 cm³/mol. The molecule has 1 atom stereocenters. The summed E-state index contributed by atoms with van der Waals surface area (Å²) in [5.74, 6) is 0.538. The Labute approximate surface area is 153 Å². The number of rotatable bonds is 3. The lowest BCUT2D eigenvalue weighted by Gasteiger charge is -2.24. The van der Waals surface area contributed by atoms with Crippen LogP contribution < -0.4 is 0 Å². The third-order valence-electron chi connectivity index (χ3n) is 4.44. The molecule has 0 amide bonds. The normalized spacial score (nSPS) is 16.3. The summed E-state index contributed by atoms with van der Waals surface area (Å²) in [6.45, 7) is 0.934. The summed E-state index contributed by atoms with van der Waals surface area (Å²) in [7, 11) is 0. The fourth-order valence-electron chi connectivity index (χ4n) is 3.05. The van der Waals surface area contributed by atoms with Gasteiger partial charge in [0.2, 0.25) is 5.82 Å². The van der Waals surface area contributed by atoms with Crippen molar-refractivity contribution in [2.24, 2.45) is 0 Å². The Hall–Kier alpha value is -3.39. The average molecular weight is 363 g/mol. The number of nitrogens with zero attached hydrogens (tertiary/aromatic N) is 5. The molecule has 7 nitrogen and oxygen atoms in total. The summed E-state index contributed by atoms with van der Waals surface area (Å²) in [6.07, 6.45) is 3.18. The number of halogens is 1. The van der Waals surface area contributed by atoms with Crippen molar-refractivity contribution >= 4 is 0 Å². The molecule has 1 aromatic carbocycles. The fraction of sp³-hybridized carbons (Fsp3) is 0.158. The van der Waals surface area contributed by atoms with Gasteiger partial charge in [-0.3, -0.25) is 9.67 Å². The van der Waals surface area contributed by atoms with E-state index in [2.05, 4.69) is 20.2 Å². The zero-order valence-corrected chi connectivity index (χ0v) is 14.1. The lowest BCUT2D eigenvalue weighted by Crippen LogP contribution is -2.21. The Balaban J connectivity index is 1.40. The van der Waals surface area contributed by atoms with E-state index in [1.807, 2.05) is 22.9 Å². The van der Waals surface area contributed by atoms with Gasteiger partial charge < -0.3 is 9.26 Å². The molecule has 3 aromatic heterocycles. The second-order valence-corrected chi connectivity index (χ2v) is 6.22. The Morgan fingerprint density at radius 2 is 2.04 bits per heavy atom. The topological polar surface area (TPSA) is 78.9 Å². The SMILES string of the molecule is Fc1ccc(C2Cn3nc(-c4nc(-c5cccnc5)no4)cc3CO2)cc1. The van der Waals surface area contributed by atoms with Crippen LogP contribution in [0.5, 0.6) is 0 Å². The molecular weight excluding hydrogens is 349 g/mol. The lowest BCUT2D eigenvalue weighted by molar-refractivity contribution is -0.00116. The second-order valence-electron chi connectivity index (χ2n) is 6.22. The maximum atomic E-state index is 13.1. The highest BCUT2D eigenvalue weighted by atomic mass is 19.1. The number of fused-ring (bicyclic) bond motifs is 1. The van der Waals surface area contributed by atoms with Gasteiger partial charge in [0, 0.05) is 18.0 Å². The third kappa shape index (κ3) is 3.00. The van der Waals surface area contributed by atoms with Crippen LogP contribution in [-0.2, 0) is 17.9 Å². The first-order chi connectivity index (χ1) is 13.3. The molecule has 0 spiro atoms. The smallest absolute Gasteiger partial charge is 0.278 e. The summed E-state index contributed by atoms with van der Waals surface area (Å²) < 4.78 is 26.2. The van der Waals surface area contributed by atoms with E-state index in [1.54, 1.807) is 24.5 Å². The summed E-state index contributed by atoms with van der Waals surface area (Å²) in [4.78, 5) is 8.46. The van der Waals surface area contributed by atoms with E-state index in [9.17, 15) is 4.39 Å².